The van der Waals surface area contributed by atoms with E-state index in [4.69, 9.17) is 0 Å². The minimum absolute atomic E-state index is 0.318. The van der Waals surface area contributed by atoms with Gasteiger partial charge in [-0.2, -0.15) is 0 Å². The van der Waals surface area contributed by atoms with Gasteiger partial charge >= 0.3 is 5.97 Å². The maximum absolute atomic E-state index is 12.0. The quantitative estimate of drug-likeness (QED) is 0.764. The molecule has 1 amide bonds. The van der Waals surface area contributed by atoms with Gasteiger partial charge in [-0.1, -0.05) is 19.8 Å². The summed E-state index contributed by atoms with van der Waals surface area (Å²) in [5, 5.41) is 12.1. The predicted molar refractivity (Wildman–Crippen MR) is 66.3 cm³/mol. The minimum atomic E-state index is -1.11. The molecule has 2 unspecified atom stereocenters. The summed E-state index contributed by atoms with van der Waals surface area (Å²) in [6.07, 6.45) is 4.49. The van der Waals surface area contributed by atoms with Crippen molar-refractivity contribution >= 4 is 11.9 Å². The molecule has 0 aliphatic heterocycles. The molecular formula is C13H18N2O3. The number of nitrogens with one attached hydrogen (secondary N) is 2. The first kappa shape index (κ1) is 12.7. The molecular weight excluding hydrogens is 232 g/mol. The minimum Gasteiger partial charge on any atom is -0.480 e. The lowest BCUT2D eigenvalue weighted by Gasteiger charge is -2.36. The first-order chi connectivity index (χ1) is 8.53. The van der Waals surface area contributed by atoms with Crippen LogP contribution in [0, 0.1) is 5.92 Å². The number of carboxylic acid groups (broad SMARTS) is 1. The van der Waals surface area contributed by atoms with Crippen LogP contribution < -0.4 is 5.32 Å². The molecule has 0 radical (unpaired) electrons. The van der Waals surface area contributed by atoms with Crippen LogP contribution in [0.25, 0.3) is 0 Å². The van der Waals surface area contributed by atoms with Gasteiger partial charge < -0.3 is 15.4 Å². The van der Waals surface area contributed by atoms with Gasteiger partial charge in [-0.15, -0.1) is 0 Å². The molecule has 0 spiro atoms. The molecule has 0 saturated heterocycles. The number of hydrogen-bond donors (Lipinski definition) is 3. The molecule has 1 heterocycles. The fourth-order valence-electron chi connectivity index (χ4n) is 2.67. The molecule has 1 aromatic heterocycles. The van der Waals surface area contributed by atoms with Gasteiger partial charge in [0, 0.05) is 6.20 Å². The van der Waals surface area contributed by atoms with Crippen molar-refractivity contribution in [3.8, 4) is 0 Å². The molecule has 1 fully saturated rings. The fourth-order valence-corrected chi connectivity index (χ4v) is 2.67. The van der Waals surface area contributed by atoms with Gasteiger partial charge in [0.1, 0.15) is 11.2 Å². The van der Waals surface area contributed by atoms with Crippen molar-refractivity contribution in [3.05, 3.63) is 24.0 Å². The van der Waals surface area contributed by atoms with Gasteiger partial charge in [0.15, 0.2) is 0 Å². The van der Waals surface area contributed by atoms with Gasteiger partial charge in [0.25, 0.3) is 5.91 Å². The smallest absolute Gasteiger partial charge is 0.329 e. The molecule has 0 bridgehead atoms. The molecule has 0 aromatic carbocycles. The van der Waals surface area contributed by atoms with Gasteiger partial charge in [-0.3, -0.25) is 4.79 Å². The second-order valence-corrected chi connectivity index (χ2v) is 5.13. The van der Waals surface area contributed by atoms with E-state index in [0.717, 1.165) is 12.8 Å². The summed E-state index contributed by atoms with van der Waals surface area (Å²) in [5.41, 5.74) is -0.714. The Morgan fingerprint density at radius 3 is 2.89 bits per heavy atom. The van der Waals surface area contributed by atoms with E-state index in [1.807, 2.05) is 6.92 Å². The molecule has 1 aromatic rings. The standard InChI is InChI=1S/C13H18N2O3/c1-9-4-2-6-13(8-9,12(17)18)15-11(16)10-5-3-7-14-10/h3,5,7,9,14H,2,4,6,8H2,1H3,(H,15,16)(H,17,18). The summed E-state index contributed by atoms with van der Waals surface area (Å²) in [7, 11) is 0. The van der Waals surface area contributed by atoms with E-state index in [-0.39, 0.29) is 5.91 Å². The van der Waals surface area contributed by atoms with E-state index >= 15 is 0 Å². The molecule has 3 N–H and O–H groups in total. The highest BCUT2D eigenvalue weighted by Crippen LogP contribution is 2.32. The summed E-state index contributed by atoms with van der Waals surface area (Å²) in [4.78, 5) is 26.3. The summed E-state index contributed by atoms with van der Waals surface area (Å²) in [6.45, 7) is 2.03. The Morgan fingerprint density at radius 2 is 2.33 bits per heavy atom. The molecule has 18 heavy (non-hydrogen) atoms. The largest absolute Gasteiger partial charge is 0.480 e. The van der Waals surface area contributed by atoms with Crippen LogP contribution in [0.2, 0.25) is 0 Å². The monoisotopic (exact) mass is 250 g/mol. The number of H-pyrrole nitrogens is 1. The van der Waals surface area contributed by atoms with Gasteiger partial charge in [-0.25, -0.2) is 4.79 Å². The van der Waals surface area contributed by atoms with Crippen LogP contribution in [0.3, 0.4) is 0 Å². The van der Waals surface area contributed by atoms with E-state index in [9.17, 15) is 14.7 Å². The third kappa shape index (κ3) is 2.39. The van der Waals surface area contributed by atoms with Crippen molar-refractivity contribution in [2.75, 3.05) is 0 Å². The topological polar surface area (TPSA) is 82.2 Å². The van der Waals surface area contributed by atoms with Crippen molar-refractivity contribution in [1.82, 2.24) is 10.3 Å². The molecule has 5 nitrogen and oxygen atoms in total. The number of amides is 1. The van der Waals surface area contributed by atoms with Gasteiger partial charge in [0.05, 0.1) is 0 Å². The highest BCUT2D eigenvalue weighted by Gasteiger charge is 2.43. The molecule has 1 aliphatic rings. The van der Waals surface area contributed by atoms with Crippen molar-refractivity contribution < 1.29 is 14.7 Å². The number of carbonyl (C=O) groups excluding carboxylic acids is 1. The maximum atomic E-state index is 12.0. The Morgan fingerprint density at radius 1 is 1.56 bits per heavy atom. The van der Waals surface area contributed by atoms with Crippen LogP contribution in [0.4, 0.5) is 0 Å². The zero-order valence-electron chi connectivity index (χ0n) is 10.4. The van der Waals surface area contributed by atoms with Crippen LogP contribution in [0.15, 0.2) is 18.3 Å². The summed E-state index contributed by atoms with van der Waals surface area (Å²) < 4.78 is 0. The Bertz CT molecular complexity index is 441. The molecule has 98 valence electrons. The van der Waals surface area contributed by atoms with Crippen LogP contribution in [-0.4, -0.2) is 27.5 Å². The molecule has 1 saturated carbocycles. The van der Waals surface area contributed by atoms with E-state index in [2.05, 4.69) is 10.3 Å². The SMILES string of the molecule is CC1CCCC(NC(=O)c2ccc[nH]2)(C(=O)O)C1. The maximum Gasteiger partial charge on any atom is 0.329 e. The molecule has 2 rings (SSSR count). The van der Waals surface area contributed by atoms with Crippen molar-refractivity contribution in [3.63, 3.8) is 0 Å². The van der Waals surface area contributed by atoms with Crippen LogP contribution in [0.1, 0.15) is 43.1 Å². The lowest BCUT2D eigenvalue weighted by molar-refractivity contribution is -0.146. The number of aromatic nitrogens is 1. The Kier molecular flexibility index (Phi) is 3.41. The first-order valence-electron chi connectivity index (χ1n) is 6.23. The normalized spacial score (nSPS) is 27.7. The third-order valence-electron chi connectivity index (χ3n) is 3.60. The van der Waals surface area contributed by atoms with Crippen LogP contribution in [0.5, 0.6) is 0 Å². The zero-order valence-corrected chi connectivity index (χ0v) is 10.4. The van der Waals surface area contributed by atoms with Crippen LogP contribution in [-0.2, 0) is 4.79 Å². The summed E-state index contributed by atoms with van der Waals surface area (Å²) in [6, 6.07) is 3.35. The zero-order chi connectivity index (χ0) is 13.2. The van der Waals surface area contributed by atoms with E-state index in [1.165, 1.54) is 0 Å². The predicted octanol–water partition coefficient (Wildman–Crippen LogP) is 1.78. The van der Waals surface area contributed by atoms with Crippen LogP contribution >= 0.6 is 0 Å². The van der Waals surface area contributed by atoms with E-state index in [0.29, 0.717) is 24.5 Å². The highest BCUT2D eigenvalue weighted by molar-refractivity contribution is 5.96. The van der Waals surface area contributed by atoms with Crippen molar-refractivity contribution in [2.24, 2.45) is 5.92 Å². The second-order valence-electron chi connectivity index (χ2n) is 5.13. The number of aliphatic carboxylic acids is 1. The number of carbonyl (C=O) groups is 2. The van der Waals surface area contributed by atoms with E-state index < -0.39 is 11.5 Å². The van der Waals surface area contributed by atoms with Gasteiger partial charge in [-0.05, 0) is 30.9 Å². The van der Waals surface area contributed by atoms with Gasteiger partial charge in [0.2, 0.25) is 0 Å². The number of carboxylic acids is 1. The number of rotatable bonds is 3. The first-order valence-corrected chi connectivity index (χ1v) is 6.23. The number of hydrogen-bond acceptors (Lipinski definition) is 2. The molecule has 1 aliphatic carbocycles. The lowest BCUT2D eigenvalue weighted by Crippen LogP contribution is -2.56. The Hall–Kier alpha value is -1.78. The summed E-state index contributed by atoms with van der Waals surface area (Å²) in [5.74, 6) is -0.968. The molecule has 2 atom stereocenters. The Labute approximate surface area is 106 Å². The van der Waals surface area contributed by atoms with Crippen molar-refractivity contribution in [2.45, 2.75) is 38.1 Å². The summed E-state index contributed by atoms with van der Waals surface area (Å²) >= 11 is 0. The molecule has 5 heteroatoms. The van der Waals surface area contributed by atoms with Crippen molar-refractivity contribution in [1.29, 1.82) is 0 Å². The van der Waals surface area contributed by atoms with E-state index in [1.54, 1.807) is 18.3 Å². The average molecular weight is 250 g/mol. The fraction of sp³-hybridized carbons (Fsp3) is 0.538. The highest BCUT2D eigenvalue weighted by atomic mass is 16.4. The lowest BCUT2D eigenvalue weighted by atomic mass is 9.76. The Balaban J connectivity index is 2.16. The average Bonchev–Trinajstić information content (AvgIpc) is 2.82. The second kappa shape index (κ2) is 4.84. The third-order valence-corrected chi connectivity index (χ3v) is 3.60. The number of aromatic amines is 1.